The van der Waals surface area contributed by atoms with Crippen LogP contribution in [0.2, 0.25) is 0 Å². The highest BCUT2D eigenvalue weighted by Crippen LogP contribution is 2.26. The van der Waals surface area contributed by atoms with Gasteiger partial charge < -0.3 is 10.2 Å². The third-order valence-electron chi connectivity index (χ3n) is 4.10. The molecule has 0 amide bonds. The molecular weight excluding hydrogens is 264 g/mol. The van der Waals surface area contributed by atoms with Crippen LogP contribution in [-0.2, 0) is 19.5 Å². The van der Waals surface area contributed by atoms with E-state index in [-0.39, 0.29) is 0 Å². The van der Waals surface area contributed by atoms with E-state index in [0.29, 0.717) is 0 Å². The van der Waals surface area contributed by atoms with Crippen LogP contribution >= 0.6 is 11.3 Å². The summed E-state index contributed by atoms with van der Waals surface area (Å²) in [5, 5.41) is 8.01. The fourth-order valence-corrected chi connectivity index (χ4v) is 3.72. The van der Waals surface area contributed by atoms with Crippen molar-refractivity contribution in [2.45, 2.75) is 32.9 Å². The summed E-state index contributed by atoms with van der Waals surface area (Å²) in [7, 11) is 2.19. The average Bonchev–Trinajstić information content (AvgIpc) is 2.85. The molecule has 0 fully saturated rings. The van der Waals surface area contributed by atoms with Gasteiger partial charge in [-0.1, -0.05) is 12.1 Å². The molecule has 0 saturated heterocycles. The number of hydrogen-bond acceptors (Lipinski definition) is 3. The lowest BCUT2D eigenvalue weighted by atomic mass is 9.99. The zero-order chi connectivity index (χ0) is 13.9. The summed E-state index contributed by atoms with van der Waals surface area (Å²) in [5.41, 5.74) is 7.13. The van der Waals surface area contributed by atoms with Crippen molar-refractivity contribution in [2.24, 2.45) is 0 Å². The van der Waals surface area contributed by atoms with E-state index >= 15 is 0 Å². The van der Waals surface area contributed by atoms with Crippen molar-refractivity contribution in [3.63, 3.8) is 0 Å². The molecule has 1 aromatic heterocycles. The summed E-state index contributed by atoms with van der Waals surface area (Å²) in [5.74, 6) is 0. The summed E-state index contributed by atoms with van der Waals surface area (Å²) >= 11 is 1.79. The van der Waals surface area contributed by atoms with E-state index in [1.165, 1.54) is 47.3 Å². The fraction of sp³-hybridized carbons (Fsp3) is 0.412. The van der Waals surface area contributed by atoms with Gasteiger partial charge in [-0.3, -0.25) is 0 Å². The van der Waals surface area contributed by atoms with Crippen LogP contribution in [0.4, 0.5) is 5.69 Å². The summed E-state index contributed by atoms with van der Waals surface area (Å²) in [4.78, 5) is 2.37. The number of hydrogen-bond donors (Lipinski definition) is 1. The Morgan fingerprint density at radius 2 is 2.15 bits per heavy atom. The summed E-state index contributed by atoms with van der Waals surface area (Å²) in [6.45, 7) is 5.28. The number of rotatable bonds is 4. The molecule has 0 atom stereocenters. The second kappa shape index (κ2) is 5.98. The molecule has 2 heterocycles. The second-order valence-corrected chi connectivity index (χ2v) is 6.42. The van der Waals surface area contributed by atoms with Crippen molar-refractivity contribution in [1.29, 1.82) is 0 Å². The van der Waals surface area contributed by atoms with E-state index < -0.39 is 0 Å². The predicted molar refractivity (Wildman–Crippen MR) is 87.6 cm³/mol. The van der Waals surface area contributed by atoms with Gasteiger partial charge >= 0.3 is 0 Å². The van der Waals surface area contributed by atoms with E-state index in [1.54, 1.807) is 11.3 Å². The lowest BCUT2D eigenvalue weighted by Gasteiger charge is -2.27. The van der Waals surface area contributed by atoms with E-state index in [1.807, 2.05) is 0 Å². The number of nitrogens with zero attached hydrogens (tertiary/aromatic N) is 1. The van der Waals surface area contributed by atoms with Crippen molar-refractivity contribution < 1.29 is 0 Å². The maximum atomic E-state index is 3.56. The molecule has 0 unspecified atom stereocenters. The minimum absolute atomic E-state index is 0.951. The van der Waals surface area contributed by atoms with Gasteiger partial charge in [-0.05, 0) is 58.8 Å². The van der Waals surface area contributed by atoms with Gasteiger partial charge in [-0.2, -0.15) is 11.3 Å². The van der Waals surface area contributed by atoms with Gasteiger partial charge in [0.15, 0.2) is 0 Å². The zero-order valence-electron chi connectivity index (χ0n) is 12.3. The second-order valence-electron chi connectivity index (χ2n) is 5.67. The standard InChI is InChI=1S/C17H22N2S/c1-13-11-20-12-16(13)10-18-9-14-5-6-17-15(8-14)4-3-7-19(17)2/h5-6,8,11-12,18H,3-4,7,9-10H2,1-2H3. The van der Waals surface area contributed by atoms with E-state index in [0.717, 1.165) is 13.1 Å². The van der Waals surface area contributed by atoms with Gasteiger partial charge in [0.05, 0.1) is 0 Å². The Labute approximate surface area is 125 Å². The van der Waals surface area contributed by atoms with Gasteiger partial charge in [-0.25, -0.2) is 0 Å². The molecule has 1 aromatic carbocycles. The highest BCUT2D eigenvalue weighted by Gasteiger charge is 2.13. The highest BCUT2D eigenvalue weighted by molar-refractivity contribution is 7.08. The van der Waals surface area contributed by atoms with Gasteiger partial charge in [0.25, 0.3) is 0 Å². The smallest absolute Gasteiger partial charge is 0.0396 e. The molecule has 3 rings (SSSR count). The largest absolute Gasteiger partial charge is 0.374 e. The number of thiophene rings is 1. The third kappa shape index (κ3) is 2.89. The van der Waals surface area contributed by atoms with Gasteiger partial charge in [0.1, 0.15) is 0 Å². The molecular formula is C17H22N2S. The highest BCUT2D eigenvalue weighted by atomic mass is 32.1. The molecule has 2 aromatic rings. The first-order valence-corrected chi connectivity index (χ1v) is 8.23. The van der Waals surface area contributed by atoms with Gasteiger partial charge in [0.2, 0.25) is 0 Å². The molecule has 2 nitrogen and oxygen atoms in total. The van der Waals surface area contributed by atoms with Crippen molar-refractivity contribution in [3.05, 3.63) is 51.2 Å². The van der Waals surface area contributed by atoms with Crippen molar-refractivity contribution in [1.82, 2.24) is 5.32 Å². The van der Waals surface area contributed by atoms with Crippen LogP contribution in [-0.4, -0.2) is 13.6 Å². The van der Waals surface area contributed by atoms with Gasteiger partial charge in [0, 0.05) is 32.4 Å². The molecule has 0 bridgehead atoms. The Kier molecular flexibility index (Phi) is 4.08. The lowest BCUT2D eigenvalue weighted by molar-refractivity contribution is 0.688. The SMILES string of the molecule is Cc1cscc1CNCc1ccc2c(c1)CCCN2C. The number of anilines is 1. The van der Waals surface area contributed by atoms with Crippen LogP contribution in [0.25, 0.3) is 0 Å². The minimum atomic E-state index is 0.951. The molecule has 1 aliphatic rings. The lowest BCUT2D eigenvalue weighted by Crippen LogP contribution is -2.24. The van der Waals surface area contributed by atoms with Crippen molar-refractivity contribution in [2.75, 3.05) is 18.5 Å². The summed E-state index contributed by atoms with van der Waals surface area (Å²) in [6.07, 6.45) is 2.49. The molecule has 0 radical (unpaired) electrons. The summed E-state index contributed by atoms with van der Waals surface area (Å²) < 4.78 is 0. The monoisotopic (exact) mass is 286 g/mol. The zero-order valence-corrected chi connectivity index (χ0v) is 13.1. The molecule has 0 spiro atoms. The molecule has 1 N–H and O–H groups in total. The average molecular weight is 286 g/mol. The van der Waals surface area contributed by atoms with Crippen molar-refractivity contribution in [3.8, 4) is 0 Å². The maximum absolute atomic E-state index is 3.56. The summed E-state index contributed by atoms with van der Waals surface area (Å²) in [6, 6.07) is 6.91. The quantitative estimate of drug-likeness (QED) is 0.921. The van der Waals surface area contributed by atoms with Crippen LogP contribution in [0, 0.1) is 6.92 Å². The Bertz CT molecular complexity index is 588. The minimum Gasteiger partial charge on any atom is -0.374 e. The number of fused-ring (bicyclic) bond motifs is 1. The van der Waals surface area contributed by atoms with Crippen molar-refractivity contribution >= 4 is 17.0 Å². The van der Waals surface area contributed by atoms with Crippen LogP contribution < -0.4 is 10.2 Å². The Balaban J connectivity index is 1.62. The predicted octanol–water partition coefficient (Wildman–Crippen LogP) is 3.73. The molecule has 20 heavy (non-hydrogen) atoms. The molecule has 0 saturated carbocycles. The molecule has 3 heteroatoms. The number of aryl methyl sites for hydroxylation is 2. The van der Waals surface area contributed by atoms with Crippen LogP contribution in [0.1, 0.15) is 28.7 Å². The number of nitrogens with one attached hydrogen (secondary N) is 1. The van der Waals surface area contributed by atoms with E-state index in [2.05, 4.69) is 53.1 Å². The third-order valence-corrected chi connectivity index (χ3v) is 5.01. The topological polar surface area (TPSA) is 15.3 Å². The Morgan fingerprint density at radius 3 is 2.95 bits per heavy atom. The van der Waals surface area contributed by atoms with E-state index in [4.69, 9.17) is 0 Å². The van der Waals surface area contributed by atoms with Crippen LogP contribution in [0.3, 0.4) is 0 Å². The fourth-order valence-electron chi connectivity index (χ4n) is 2.86. The van der Waals surface area contributed by atoms with Crippen LogP contribution in [0.15, 0.2) is 29.0 Å². The molecule has 0 aliphatic carbocycles. The normalized spacial score (nSPS) is 14.4. The molecule has 1 aliphatic heterocycles. The van der Waals surface area contributed by atoms with E-state index in [9.17, 15) is 0 Å². The Hall–Kier alpha value is -1.32. The number of benzene rings is 1. The van der Waals surface area contributed by atoms with Gasteiger partial charge in [-0.15, -0.1) is 0 Å². The molecule has 106 valence electrons. The maximum Gasteiger partial charge on any atom is 0.0396 e. The van der Waals surface area contributed by atoms with Crippen LogP contribution in [0.5, 0.6) is 0 Å². The first-order chi connectivity index (χ1) is 9.74. The Morgan fingerprint density at radius 1 is 1.25 bits per heavy atom. The first-order valence-electron chi connectivity index (χ1n) is 7.29. The first kappa shape index (κ1) is 13.7.